The van der Waals surface area contributed by atoms with Gasteiger partial charge in [0.25, 0.3) is 0 Å². The molecule has 0 aromatic heterocycles. The fourth-order valence-electron chi connectivity index (χ4n) is 0.224. The molecule has 0 atom stereocenters. The van der Waals surface area contributed by atoms with Crippen LogP contribution in [0, 0.1) is 0 Å². The average Bonchev–Trinajstić information content (AvgIpc) is 1.30. The molecule has 0 spiro atoms. The second kappa shape index (κ2) is 1.31. The number of hydrogen-bond acceptors (Lipinski definition) is 0. The Kier molecular flexibility index (Phi) is 0.966. The summed E-state index contributed by atoms with van der Waals surface area (Å²) in [5.41, 5.74) is 0. The van der Waals surface area contributed by atoms with Gasteiger partial charge in [0.05, 0.1) is 0 Å². The van der Waals surface area contributed by atoms with Gasteiger partial charge in [-0.25, -0.2) is 0 Å². The quantitative estimate of drug-likeness (QED) is 0.295. The molecule has 0 saturated carbocycles. The van der Waals surface area contributed by atoms with Crippen molar-refractivity contribution in [1.82, 2.24) is 0 Å². The van der Waals surface area contributed by atoms with Gasteiger partial charge in [0.15, 0.2) is 0 Å². The fourth-order valence-corrected chi connectivity index (χ4v) is 0.671. The maximum atomic E-state index is 2.13. The van der Waals surface area contributed by atoms with E-state index in [9.17, 15) is 0 Å². The normalized spacial score (nSPS) is 20.8. The van der Waals surface area contributed by atoms with E-state index in [-0.39, 0.29) is 0 Å². The molecule has 0 aromatic rings. The van der Waals surface area contributed by atoms with Crippen LogP contribution in [0.2, 0.25) is 0 Å². The fraction of sp³-hybridized carbons (Fsp3) is 0. The third-order valence-electron chi connectivity index (χ3n) is 0.594. The Morgan fingerprint density at radius 1 is 1.80 bits per heavy atom. The second-order valence-electron chi connectivity index (χ2n) is 1.09. The van der Waals surface area contributed by atoms with Crippen LogP contribution in [0.4, 0.5) is 0 Å². The van der Waals surface area contributed by atoms with Crippen LogP contribution in [-0.4, -0.2) is 21.7 Å². The van der Waals surface area contributed by atoms with E-state index in [4.69, 9.17) is 0 Å². The van der Waals surface area contributed by atoms with Crippen molar-refractivity contribution in [3.05, 3.63) is 11.9 Å². The van der Waals surface area contributed by atoms with Crippen LogP contribution in [0.1, 0.15) is 0 Å². The van der Waals surface area contributed by atoms with E-state index in [0.717, 1.165) is 0 Å². The van der Waals surface area contributed by atoms with Gasteiger partial charge in [0.1, 0.15) is 0 Å². The molecule has 0 bridgehead atoms. The average molecular weight is 76.0 g/mol. The zero-order valence-electron chi connectivity index (χ0n) is 3.10. The molecule has 0 aromatic carbocycles. The predicted molar refractivity (Wildman–Crippen MR) is 26.8 cm³/mol. The monoisotopic (exact) mass is 76.0 g/mol. The van der Waals surface area contributed by atoms with Crippen molar-refractivity contribution in [3.63, 3.8) is 0 Å². The minimum absolute atomic E-state index is 1.41. The van der Waals surface area contributed by atoms with Crippen molar-refractivity contribution in [2.45, 2.75) is 0 Å². The molecule has 0 radical (unpaired) electrons. The van der Waals surface area contributed by atoms with Gasteiger partial charge in [0.2, 0.25) is 0 Å². The van der Waals surface area contributed by atoms with Gasteiger partial charge in [-0.1, -0.05) is 0 Å². The molecule has 1 rings (SSSR count). The van der Waals surface area contributed by atoms with Gasteiger partial charge in [-0.05, 0) is 0 Å². The maximum absolute atomic E-state index is 2.13. The first kappa shape index (κ1) is 3.69. The van der Waals surface area contributed by atoms with Crippen LogP contribution < -0.4 is 0 Å². The Labute approximate surface area is 42.3 Å². The van der Waals surface area contributed by atoms with E-state index in [1.807, 2.05) is 0 Å². The summed E-state index contributed by atoms with van der Waals surface area (Å²) in [6, 6.07) is 0. The third-order valence-corrected chi connectivity index (χ3v) is 1.45. The Balaban J connectivity index is 2.60. The summed E-state index contributed by atoms with van der Waals surface area (Å²) >= 11 is 2.13. The van der Waals surface area contributed by atoms with Crippen molar-refractivity contribution >= 4 is 29.9 Å². The van der Waals surface area contributed by atoms with Gasteiger partial charge < -0.3 is 0 Å². The second-order valence-corrected chi connectivity index (χ2v) is 2.35. The molecular formula is C3H2LiP. The Morgan fingerprint density at radius 2 is 2.20 bits per heavy atom. The SMILES string of the molecule is [Li][C]1=PC=C1. The molecule has 0 aliphatic carbocycles. The predicted octanol–water partition coefficient (Wildman–Crippen LogP) is 0.758. The Bertz CT molecular complexity index is 93.1. The van der Waals surface area contributed by atoms with E-state index < -0.39 is 0 Å². The topological polar surface area (TPSA) is 0 Å². The molecule has 5 heavy (non-hydrogen) atoms. The first-order chi connectivity index (χ1) is 2.39. The molecule has 0 N–H and O–H groups in total. The summed E-state index contributed by atoms with van der Waals surface area (Å²) in [6.07, 6.45) is 2.13. The van der Waals surface area contributed by atoms with Crippen molar-refractivity contribution in [1.29, 1.82) is 0 Å². The summed E-state index contributed by atoms with van der Waals surface area (Å²) in [5, 5.41) is 0. The summed E-state index contributed by atoms with van der Waals surface area (Å²) in [7, 11) is 1.41. The van der Waals surface area contributed by atoms with E-state index in [1.165, 1.54) is 12.2 Å². The molecule has 2 heteroatoms. The van der Waals surface area contributed by atoms with E-state index in [1.54, 1.807) is 0 Å². The zero-order valence-corrected chi connectivity index (χ0v) is 4.00. The summed E-state index contributed by atoms with van der Waals surface area (Å²) < 4.78 is 1.48. The summed E-state index contributed by atoms with van der Waals surface area (Å²) in [6.45, 7) is 0. The Hall–Kier alpha value is 0.507. The molecular weight excluding hydrogens is 73.9 g/mol. The van der Waals surface area contributed by atoms with Crippen LogP contribution in [0.5, 0.6) is 0 Å². The van der Waals surface area contributed by atoms with Gasteiger partial charge in [0, 0.05) is 0 Å². The van der Waals surface area contributed by atoms with Crippen LogP contribution in [0.25, 0.3) is 0 Å². The van der Waals surface area contributed by atoms with Gasteiger partial charge in [-0.2, -0.15) is 0 Å². The zero-order chi connectivity index (χ0) is 3.70. The minimum atomic E-state index is 1.41. The van der Waals surface area contributed by atoms with Gasteiger partial charge in [-0.15, -0.1) is 0 Å². The van der Waals surface area contributed by atoms with E-state index in [2.05, 4.69) is 29.6 Å². The van der Waals surface area contributed by atoms with E-state index in [0.29, 0.717) is 0 Å². The first-order valence-corrected chi connectivity index (χ1v) is 2.57. The molecule has 0 unspecified atom stereocenters. The molecule has 1 aliphatic rings. The molecule has 0 nitrogen and oxygen atoms in total. The van der Waals surface area contributed by atoms with Crippen molar-refractivity contribution in [2.75, 3.05) is 0 Å². The Morgan fingerprint density at radius 3 is 2.20 bits per heavy atom. The van der Waals surface area contributed by atoms with Crippen LogP contribution in [0.15, 0.2) is 11.9 Å². The molecule has 20 valence electrons. The molecule has 0 amide bonds. The number of rotatable bonds is 0. The van der Waals surface area contributed by atoms with Crippen LogP contribution >= 0.6 is 8.20 Å². The van der Waals surface area contributed by atoms with Crippen molar-refractivity contribution in [2.24, 2.45) is 0 Å². The third kappa shape index (κ3) is 0.669. The standard InChI is InChI=1S/C3H2P.Li/c1-2-4-3-1;/h1-2H;. The molecule has 1 aliphatic heterocycles. The molecule has 1 heterocycles. The van der Waals surface area contributed by atoms with Crippen LogP contribution in [-0.2, 0) is 0 Å². The number of hydrogen-bond donors (Lipinski definition) is 0. The van der Waals surface area contributed by atoms with Crippen LogP contribution in [0.3, 0.4) is 0 Å². The van der Waals surface area contributed by atoms with E-state index >= 15 is 0 Å². The summed E-state index contributed by atoms with van der Waals surface area (Å²) in [4.78, 5) is 0. The van der Waals surface area contributed by atoms with Crippen molar-refractivity contribution < 1.29 is 0 Å². The summed E-state index contributed by atoms with van der Waals surface area (Å²) in [5.74, 6) is 2.13. The molecule has 0 saturated heterocycles. The number of allylic oxidation sites excluding steroid dienone is 1. The first-order valence-electron chi connectivity index (χ1n) is 1.60. The van der Waals surface area contributed by atoms with Gasteiger partial charge >= 0.3 is 41.8 Å². The van der Waals surface area contributed by atoms with Crippen molar-refractivity contribution in [3.8, 4) is 0 Å². The van der Waals surface area contributed by atoms with Gasteiger partial charge in [-0.3, -0.25) is 0 Å². The molecule has 0 fully saturated rings.